The molecule has 27 nitrogen and oxygen atoms in total. The second-order valence-corrected chi connectivity index (χ2v) is 44.6. The van der Waals surface area contributed by atoms with Gasteiger partial charge in [-0.1, -0.05) is 100 Å². The maximum absolute atomic E-state index is 13.8. The number of nitrogens with zero attached hydrogens (tertiary/aromatic N) is 17. The zero-order valence-corrected chi connectivity index (χ0v) is 85.3. The van der Waals surface area contributed by atoms with E-state index in [1.807, 2.05) is 82.1 Å². The number of carboxylic acid groups (broad SMARTS) is 1. The largest absolute Gasteiger partial charge is 0.481 e. The molecule has 8 saturated heterocycles. The highest BCUT2D eigenvalue weighted by Gasteiger charge is 2.51. The van der Waals surface area contributed by atoms with Gasteiger partial charge in [0.1, 0.15) is 39.7 Å². The number of aliphatic hydroxyl groups is 3. The van der Waals surface area contributed by atoms with Crippen LogP contribution in [0.1, 0.15) is 173 Å². The van der Waals surface area contributed by atoms with E-state index < -0.39 is 38.7 Å². The molecule has 9 aliphatic rings. The van der Waals surface area contributed by atoms with Crippen molar-refractivity contribution in [3.8, 4) is 6.07 Å². The minimum Gasteiger partial charge on any atom is -0.481 e. The molecular weight excluding hydrogens is 1930 g/mol. The van der Waals surface area contributed by atoms with Gasteiger partial charge in [0.15, 0.2) is 5.82 Å². The van der Waals surface area contributed by atoms with Gasteiger partial charge in [0.25, 0.3) is 0 Å². The fourth-order valence-corrected chi connectivity index (χ4v) is 23.3. The highest BCUT2D eigenvalue weighted by molar-refractivity contribution is 9.10. The van der Waals surface area contributed by atoms with Crippen LogP contribution in [0.5, 0.6) is 0 Å². The summed E-state index contributed by atoms with van der Waals surface area (Å²) in [5.74, 6) is 11.8. The Labute approximate surface area is 832 Å². The van der Waals surface area contributed by atoms with Gasteiger partial charge in [-0.05, 0) is 294 Å². The average molecular weight is 2060 g/mol. The van der Waals surface area contributed by atoms with Gasteiger partial charge in [-0.15, -0.1) is 0 Å². The van der Waals surface area contributed by atoms with Gasteiger partial charge in [-0.25, -0.2) is 19.9 Å². The summed E-state index contributed by atoms with van der Waals surface area (Å²) in [5.41, 5.74) is 5.67. The van der Waals surface area contributed by atoms with E-state index in [2.05, 4.69) is 145 Å². The topological polar surface area (TPSA) is 316 Å². The molecule has 8 N–H and O–H groups in total. The van der Waals surface area contributed by atoms with E-state index in [0.717, 1.165) is 190 Å². The maximum Gasteiger partial charge on any atom is 0.421 e. The summed E-state index contributed by atoms with van der Waals surface area (Å²) in [5, 5.41) is 62.8. The van der Waals surface area contributed by atoms with Crippen LogP contribution < -0.4 is 40.9 Å². The fourth-order valence-electron chi connectivity index (χ4n) is 20.5. The van der Waals surface area contributed by atoms with Crippen LogP contribution in [-0.4, -0.2) is 252 Å². The number of likely N-dealkylation sites (tertiary alicyclic amines) is 4. The molecule has 136 heavy (non-hydrogen) atoms. The number of hydrogen-bond acceptors (Lipinski definition) is 26. The van der Waals surface area contributed by atoms with Crippen molar-refractivity contribution in [3.63, 3.8) is 0 Å². The molecule has 0 bridgehead atoms. The van der Waals surface area contributed by atoms with Crippen molar-refractivity contribution in [2.24, 2.45) is 52.8 Å². The van der Waals surface area contributed by atoms with Crippen molar-refractivity contribution >= 4 is 142 Å². The molecular formula is C99H130BrCl5F3N21O6S. The van der Waals surface area contributed by atoms with Crippen molar-refractivity contribution in [3.05, 3.63) is 177 Å². The molecule has 9 unspecified atom stereocenters. The van der Waals surface area contributed by atoms with Crippen LogP contribution in [-0.2, 0) is 20.5 Å². The van der Waals surface area contributed by atoms with Gasteiger partial charge in [0.2, 0.25) is 23.8 Å². The summed E-state index contributed by atoms with van der Waals surface area (Å²) < 4.78 is 54.5. The molecule has 17 rings (SSSR count). The normalized spacial score (nSPS) is 22.9. The number of anilines is 8. The number of aryl methyl sites for hydroxylation is 3. The Hall–Kier alpha value is -7.98. The third-order valence-electron chi connectivity index (χ3n) is 28.9. The number of carbonyl (C=O) groups is 1. The molecule has 0 radical (unpaired) electrons. The van der Waals surface area contributed by atoms with Crippen LogP contribution in [0.3, 0.4) is 0 Å². The number of carboxylic acids is 1. The van der Waals surface area contributed by atoms with Gasteiger partial charge in [0, 0.05) is 148 Å². The second-order valence-electron chi connectivity index (χ2n) is 39.2. The predicted molar refractivity (Wildman–Crippen MR) is 543 cm³/mol. The first-order valence-electron chi connectivity index (χ1n) is 47.6. The molecule has 736 valence electrons. The number of hydrogen-bond donors (Lipinski definition) is 8. The Morgan fingerprint density at radius 2 is 0.846 bits per heavy atom. The molecule has 1 aliphatic carbocycles. The summed E-state index contributed by atoms with van der Waals surface area (Å²) in [4.78, 5) is 66.3. The summed E-state index contributed by atoms with van der Waals surface area (Å²) in [6.45, 7) is 34.2. The van der Waals surface area contributed by atoms with Crippen LogP contribution in [0.25, 0.3) is 0 Å². The van der Waals surface area contributed by atoms with Crippen molar-refractivity contribution in [2.75, 3.05) is 191 Å². The standard InChI is InChI=1S/C28H35ClF3N5O2.C25H33ClN6O2S.C23H31BrClN5O.C23H31Cl2N5O/c1-16-6-7-21(23(29)9-16)17(2)34-24-22(28(30,31)32)12-33-26(35-24)37-14-19(15-37)18-5-4-8-36(13-18)20-10-27(3,11-20)25(38)39;1-17(22-7-6-21(11-23(22)26)35(2,3)34)29-24-19(12-27)13-28-25(30-24)32-15-20(16-32)18-5-4-8-31(14-18)9-10-33;1-15-5-6-19(21(25)10-15)16(2)27-22-20(24)11-26-23(28-22)30-13-18(14-30)17-4-3-7-29(12-17)8-9-31;1-15-5-6-19(20(24)10-15)16(2)27-22-21(25)11-26-23(28-22)30-13-18(14-30)17-4-3-7-29(12-17)8-9-31/h6-7,9,12,17-20H,4-5,8,10-11,13-15H2,1-3H3,(H,38,39)(H,33,34,35);6-7,11,13,17-18,20,33H,2,4-5,8-10,14-16H2,1,3H3,(H,28,29,30);2*5-6,10-11,16-18,31H,3-4,7-9,12-14H2,1-2H3,(H,26,27,28). The number of aliphatic carboxylic acids is 1. The van der Waals surface area contributed by atoms with Gasteiger partial charge < -0.3 is 80.9 Å². The van der Waals surface area contributed by atoms with Gasteiger partial charge in [0.05, 0.1) is 66.3 Å². The molecule has 9 fully saturated rings. The first-order chi connectivity index (χ1) is 64.9. The number of halogens is 9. The Balaban J connectivity index is 0.000000146. The number of aromatic nitrogens is 8. The molecule has 8 aliphatic heterocycles. The number of rotatable bonds is 29. The lowest BCUT2D eigenvalue weighted by Gasteiger charge is -2.52. The second kappa shape index (κ2) is 46.2. The quantitative estimate of drug-likeness (QED) is 0.0202. The van der Waals surface area contributed by atoms with E-state index in [-0.39, 0.29) is 49.7 Å². The predicted octanol–water partition coefficient (Wildman–Crippen LogP) is 18.0. The molecule has 0 spiro atoms. The van der Waals surface area contributed by atoms with Crippen molar-refractivity contribution < 1.29 is 42.6 Å². The third-order valence-corrected chi connectivity index (χ3v) is 32.3. The van der Waals surface area contributed by atoms with E-state index in [9.17, 15) is 47.9 Å². The van der Waals surface area contributed by atoms with E-state index in [1.165, 1.54) is 38.5 Å². The van der Waals surface area contributed by atoms with Crippen LogP contribution in [0.4, 0.5) is 60.2 Å². The number of β-amino-alcohol motifs (C(OH)–C–C–N with tert-alkyl or cyclic N) is 3. The SMILES string of the molecule is C=S(C)(=O)c1ccc(C(C)Nc2nc(N3CC(C4CCCN(CCO)C4)C3)ncc2C#N)c(Cl)c1.Cc1ccc(C(C)Nc2nc(N3CC(C4CCCN(C5CC(C)(C(=O)O)C5)C4)C3)ncc2C(F)(F)F)c(Cl)c1.Cc1ccc(C(C)Nc2nc(N3CC(C4CCCN(CCO)C4)C3)ncc2Br)c(Cl)c1.Cc1ccc(C(C)Nc2nc(N3CC(C4CCCN(CCO)C4)C3)ncc2Cl)c(Cl)c1. The van der Waals surface area contributed by atoms with Gasteiger partial charge >= 0.3 is 12.1 Å². The van der Waals surface area contributed by atoms with Gasteiger partial charge in [-0.3, -0.25) is 9.00 Å². The molecule has 1 saturated carbocycles. The summed E-state index contributed by atoms with van der Waals surface area (Å²) >= 11 is 35.7. The van der Waals surface area contributed by atoms with E-state index in [1.54, 1.807) is 43.8 Å². The van der Waals surface area contributed by atoms with E-state index in [0.29, 0.717) is 134 Å². The Morgan fingerprint density at radius 1 is 0.500 bits per heavy atom. The first-order valence-corrected chi connectivity index (χ1v) is 52.4. The zero-order chi connectivity index (χ0) is 97.2. The number of nitrogens with one attached hydrogen (secondary N) is 4. The number of alkyl halides is 3. The number of aliphatic hydroxyl groups excluding tert-OH is 3. The molecule has 9 atom stereocenters. The van der Waals surface area contributed by atoms with Crippen molar-refractivity contribution in [1.29, 1.82) is 5.26 Å². The number of piperidine rings is 4. The first kappa shape index (κ1) is 104. The van der Waals surface area contributed by atoms with Crippen LogP contribution in [0, 0.1) is 84.9 Å². The third kappa shape index (κ3) is 26.0. The molecule has 4 aromatic heterocycles. The fraction of sp³-hybridized carbons (Fsp3) is 0.566. The lowest BCUT2D eigenvalue weighted by molar-refractivity contribution is -0.158. The van der Waals surface area contributed by atoms with Crippen LogP contribution in [0.15, 0.2) is 107 Å². The number of benzene rings is 4. The van der Waals surface area contributed by atoms with Crippen molar-refractivity contribution in [2.45, 2.75) is 161 Å². The molecule has 0 amide bonds. The van der Waals surface area contributed by atoms with E-state index >= 15 is 0 Å². The highest BCUT2D eigenvalue weighted by atomic mass is 79.9. The van der Waals surface area contributed by atoms with Crippen LogP contribution in [0.2, 0.25) is 25.1 Å². The lowest BCUT2D eigenvalue weighted by Crippen LogP contribution is -2.58. The average Bonchev–Trinajstić information content (AvgIpc) is 0.747. The molecule has 12 heterocycles. The Kier molecular flexibility index (Phi) is 35.3. The Morgan fingerprint density at radius 3 is 1.24 bits per heavy atom. The number of nitriles is 1. The molecule has 37 heteroatoms. The minimum atomic E-state index is -4.60. The summed E-state index contributed by atoms with van der Waals surface area (Å²) in [7, 11) is -2.36. The highest BCUT2D eigenvalue weighted by Crippen LogP contribution is 2.48. The molecule has 4 aromatic carbocycles. The Bertz CT molecular complexity index is 5450. The zero-order valence-electron chi connectivity index (χ0n) is 79.1. The minimum absolute atomic E-state index is 0.0241. The summed E-state index contributed by atoms with van der Waals surface area (Å²) in [6, 6.07) is 24.7. The van der Waals surface area contributed by atoms with Crippen LogP contribution >= 0.6 is 73.9 Å². The van der Waals surface area contributed by atoms with Gasteiger partial charge in [-0.2, -0.15) is 38.4 Å². The summed E-state index contributed by atoms with van der Waals surface area (Å²) in [6.07, 6.45) is 13.8. The maximum atomic E-state index is 13.8. The monoisotopic (exact) mass is 2050 g/mol. The van der Waals surface area contributed by atoms with E-state index in [4.69, 9.17) is 68.0 Å². The smallest absolute Gasteiger partial charge is 0.421 e. The molecule has 8 aromatic rings. The lowest BCUT2D eigenvalue weighted by atomic mass is 9.65. The van der Waals surface area contributed by atoms with Crippen molar-refractivity contribution in [1.82, 2.24) is 59.5 Å².